The van der Waals surface area contributed by atoms with Gasteiger partial charge in [0.1, 0.15) is 17.1 Å². The van der Waals surface area contributed by atoms with Crippen LogP contribution >= 0.6 is 23.2 Å². The topological polar surface area (TPSA) is 108 Å². The average Bonchev–Trinajstić information content (AvgIpc) is 2.87. The van der Waals surface area contributed by atoms with Crippen molar-refractivity contribution in [2.45, 2.75) is 6.92 Å². The van der Waals surface area contributed by atoms with Crippen molar-refractivity contribution < 1.29 is 47.5 Å². The molecular formula is C23H26Cl2O10. The summed E-state index contributed by atoms with van der Waals surface area (Å²) in [6, 6.07) is 2.74. The molecule has 0 saturated carbocycles. The number of methoxy groups -OCH3 is 5. The van der Waals surface area contributed by atoms with Gasteiger partial charge in [-0.25, -0.2) is 4.79 Å². The van der Waals surface area contributed by atoms with Crippen molar-refractivity contribution in [2.75, 3.05) is 55.9 Å². The van der Waals surface area contributed by atoms with Gasteiger partial charge in [0.05, 0.1) is 35.4 Å². The second-order valence-corrected chi connectivity index (χ2v) is 7.56. The fourth-order valence-electron chi connectivity index (χ4n) is 3.06. The highest BCUT2D eigenvalue weighted by molar-refractivity contribution is 6.39. The molecule has 0 bridgehead atoms. The van der Waals surface area contributed by atoms with Gasteiger partial charge < -0.3 is 37.9 Å². The number of halogens is 2. The first-order valence-corrected chi connectivity index (χ1v) is 10.7. The smallest absolute Gasteiger partial charge is 0.338 e. The second-order valence-electron chi connectivity index (χ2n) is 6.81. The molecule has 0 spiro atoms. The van der Waals surface area contributed by atoms with E-state index in [9.17, 15) is 9.59 Å². The van der Waals surface area contributed by atoms with Crippen LogP contribution in [0, 0.1) is 6.92 Å². The molecule has 0 heterocycles. The summed E-state index contributed by atoms with van der Waals surface area (Å²) in [5.74, 6) is -1.49. The van der Waals surface area contributed by atoms with Crippen LogP contribution in [-0.4, -0.2) is 67.7 Å². The van der Waals surface area contributed by atoms with Gasteiger partial charge in [-0.15, -0.1) is 0 Å². The fourth-order valence-corrected chi connectivity index (χ4v) is 3.60. The van der Waals surface area contributed by atoms with Gasteiger partial charge in [-0.05, 0) is 18.6 Å². The first-order chi connectivity index (χ1) is 16.8. The average molecular weight is 533 g/mol. The molecule has 0 N–H and O–H groups in total. The molecule has 2 aromatic carbocycles. The number of hydrogen-bond donors (Lipinski definition) is 0. The van der Waals surface area contributed by atoms with Crippen LogP contribution < -0.4 is 18.9 Å². The summed E-state index contributed by atoms with van der Waals surface area (Å²) in [6.45, 7) is 1.04. The molecule has 0 unspecified atom stereocenters. The van der Waals surface area contributed by atoms with Gasteiger partial charge in [-0.2, -0.15) is 0 Å². The lowest BCUT2D eigenvalue weighted by atomic mass is 9.94. The Balaban J connectivity index is 2.90. The molecule has 2 aromatic rings. The highest BCUT2D eigenvalue weighted by Crippen LogP contribution is 2.47. The molecule has 0 atom stereocenters. The molecule has 0 aliphatic carbocycles. The Morgan fingerprint density at radius 2 is 1.29 bits per heavy atom. The van der Waals surface area contributed by atoms with Crippen LogP contribution in [0.2, 0.25) is 10.0 Å². The van der Waals surface area contributed by atoms with Crippen LogP contribution in [0.3, 0.4) is 0 Å². The number of benzene rings is 2. The summed E-state index contributed by atoms with van der Waals surface area (Å²) in [5.41, 5.74) is -0.0879. The number of ketones is 1. The van der Waals surface area contributed by atoms with Gasteiger partial charge in [0.25, 0.3) is 0 Å². The molecule has 0 aliphatic heterocycles. The summed E-state index contributed by atoms with van der Waals surface area (Å²) < 4.78 is 41.9. The Morgan fingerprint density at radius 1 is 0.771 bits per heavy atom. The SMILES string of the molecule is COCOc1cc(OC)c(C(=O)c2c(OCOC)c(Cl)c(C)c(Cl)c2OCOC)c(C(=O)OC)c1. The summed E-state index contributed by atoms with van der Waals surface area (Å²) in [6.07, 6.45) is 0. The summed E-state index contributed by atoms with van der Waals surface area (Å²) in [5, 5.41) is 0.109. The van der Waals surface area contributed by atoms with Crippen LogP contribution in [0.5, 0.6) is 23.0 Å². The Labute approximate surface area is 212 Å². The summed E-state index contributed by atoms with van der Waals surface area (Å²) in [4.78, 5) is 26.8. The van der Waals surface area contributed by atoms with Gasteiger partial charge in [0.15, 0.2) is 31.9 Å². The van der Waals surface area contributed by atoms with Crippen LogP contribution in [0.1, 0.15) is 31.8 Å². The molecule has 10 nitrogen and oxygen atoms in total. The van der Waals surface area contributed by atoms with Crippen LogP contribution in [0.15, 0.2) is 12.1 Å². The lowest BCUT2D eigenvalue weighted by molar-refractivity contribution is 0.0445. The van der Waals surface area contributed by atoms with E-state index >= 15 is 0 Å². The maximum absolute atomic E-state index is 14.1. The fraction of sp³-hybridized carbons (Fsp3) is 0.391. The Bertz CT molecular complexity index is 1040. The minimum absolute atomic E-state index is 0.00667. The number of esters is 1. The summed E-state index contributed by atoms with van der Waals surface area (Å²) >= 11 is 13.0. The predicted molar refractivity (Wildman–Crippen MR) is 126 cm³/mol. The molecule has 2 rings (SSSR count). The molecule has 12 heteroatoms. The van der Waals surface area contributed by atoms with E-state index in [0.29, 0.717) is 5.56 Å². The van der Waals surface area contributed by atoms with Gasteiger partial charge in [0.2, 0.25) is 5.78 Å². The van der Waals surface area contributed by atoms with Gasteiger partial charge in [-0.3, -0.25) is 4.79 Å². The molecule has 0 amide bonds. The monoisotopic (exact) mass is 532 g/mol. The Kier molecular flexibility index (Phi) is 10.9. The zero-order valence-corrected chi connectivity index (χ0v) is 21.6. The molecular weight excluding hydrogens is 507 g/mol. The quantitative estimate of drug-likeness (QED) is 0.210. The number of rotatable bonds is 13. The van der Waals surface area contributed by atoms with Crippen molar-refractivity contribution in [3.05, 3.63) is 44.4 Å². The lowest BCUT2D eigenvalue weighted by Crippen LogP contribution is -2.17. The zero-order valence-electron chi connectivity index (χ0n) is 20.1. The largest absolute Gasteiger partial charge is 0.496 e. The normalized spacial score (nSPS) is 10.6. The highest BCUT2D eigenvalue weighted by Gasteiger charge is 2.33. The van der Waals surface area contributed by atoms with E-state index in [-0.39, 0.29) is 70.1 Å². The van der Waals surface area contributed by atoms with Crippen LogP contribution in [0.4, 0.5) is 0 Å². The Hall–Kier alpha value is -2.76. The van der Waals surface area contributed by atoms with Crippen LogP contribution in [0.25, 0.3) is 0 Å². The van der Waals surface area contributed by atoms with E-state index in [0.717, 1.165) is 0 Å². The van der Waals surface area contributed by atoms with Crippen molar-refractivity contribution >= 4 is 35.0 Å². The van der Waals surface area contributed by atoms with Crippen molar-refractivity contribution in [3.63, 3.8) is 0 Å². The molecule has 0 aromatic heterocycles. The number of carbonyl (C=O) groups excluding carboxylic acids is 2. The standard InChI is InChI=1S/C23H26Cl2O10/c1-12-18(24)21(34-10-29-3)17(22(19(12)25)35-11-30-4)20(26)16-14(23(27)32-6)7-13(33-9-28-2)8-15(16)31-5/h7-8H,9-11H2,1-6H3. The third-order valence-corrected chi connectivity index (χ3v) is 5.56. The number of hydrogen-bond acceptors (Lipinski definition) is 10. The van der Waals surface area contributed by atoms with E-state index < -0.39 is 11.8 Å². The molecule has 0 fully saturated rings. The van der Waals surface area contributed by atoms with Crippen molar-refractivity contribution in [2.24, 2.45) is 0 Å². The van der Waals surface area contributed by atoms with E-state index in [2.05, 4.69) is 0 Å². The van der Waals surface area contributed by atoms with Crippen molar-refractivity contribution in [3.8, 4) is 23.0 Å². The van der Waals surface area contributed by atoms with E-state index in [4.69, 9.17) is 61.1 Å². The number of ether oxygens (including phenoxy) is 8. The van der Waals surface area contributed by atoms with Gasteiger partial charge in [0, 0.05) is 27.4 Å². The zero-order chi connectivity index (χ0) is 26.1. The van der Waals surface area contributed by atoms with Crippen molar-refractivity contribution in [1.82, 2.24) is 0 Å². The summed E-state index contributed by atoms with van der Waals surface area (Å²) in [7, 11) is 6.73. The maximum atomic E-state index is 14.1. The van der Waals surface area contributed by atoms with Crippen LogP contribution in [-0.2, 0) is 18.9 Å². The highest BCUT2D eigenvalue weighted by atomic mass is 35.5. The molecule has 0 saturated heterocycles. The minimum atomic E-state index is -0.822. The molecule has 0 aliphatic rings. The maximum Gasteiger partial charge on any atom is 0.338 e. The Morgan fingerprint density at radius 3 is 1.74 bits per heavy atom. The lowest BCUT2D eigenvalue weighted by Gasteiger charge is -2.21. The first kappa shape index (κ1) is 28.5. The molecule has 192 valence electrons. The van der Waals surface area contributed by atoms with Crippen molar-refractivity contribution in [1.29, 1.82) is 0 Å². The molecule has 35 heavy (non-hydrogen) atoms. The third-order valence-electron chi connectivity index (χ3n) is 4.65. The second kappa shape index (κ2) is 13.4. The third kappa shape index (κ3) is 6.28. The van der Waals surface area contributed by atoms with Gasteiger partial charge >= 0.3 is 5.97 Å². The predicted octanol–water partition coefficient (Wildman–Crippen LogP) is 4.28. The van der Waals surface area contributed by atoms with Gasteiger partial charge in [-0.1, -0.05) is 23.2 Å². The molecule has 0 radical (unpaired) electrons. The van der Waals surface area contributed by atoms with E-state index in [1.165, 1.54) is 47.7 Å². The minimum Gasteiger partial charge on any atom is -0.496 e. The first-order valence-electron chi connectivity index (χ1n) is 9.98. The number of carbonyl (C=O) groups is 2. The van der Waals surface area contributed by atoms with E-state index in [1.54, 1.807) is 6.92 Å². The van der Waals surface area contributed by atoms with E-state index in [1.807, 2.05) is 0 Å².